The molecule has 15 heavy (non-hydrogen) atoms. The first-order valence-electron chi connectivity index (χ1n) is 5.25. The van der Waals surface area contributed by atoms with Gasteiger partial charge >= 0.3 is 0 Å². The van der Waals surface area contributed by atoms with Crippen LogP contribution in [-0.2, 0) is 0 Å². The first-order valence-corrected chi connectivity index (χ1v) is 7.49. The average molecular weight is 340 g/mol. The number of nitrogens with zero attached hydrogens (tertiary/aromatic N) is 1. The Bertz CT molecular complexity index is 215. The summed E-state index contributed by atoms with van der Waals surface area (Å²) in [5.74, 6) is 0. The fraction of sp³-hybridized carbons (Fsp3) is 0.727. The van der Waals surface area contributed by atoms with Crippen molar-refractivity contribution in [2.45, 2.75) is 39.3 Å². The van der Waals surface area contributed by atoms with E-state index in [1.807, 2.05) is 19.2 Å². The Morgan fingerprint density at radius 1 is 1.47 bits per heavy atom. The zero-order valence-electron chi connectivity index (χ0n) is 9.63. The molecule has 4 heteroatoms. The largest absolute Gasteiger partial charge is 0.306 e. The molecule has 0 aliphatic carbocycles. The lowest BCUT2D eigenvalue weighted by Crippen LogP contribution is -2.43. The first-order chi connectivity index (χ1) is 7.19. The highest BCUT2D eigenvalue weighted by atomic mass is 79.9. The van der Waals surface area contributed by atoms with Crippen LogP contribution >= 0.6 is 31.9 Å². The number of alkyl halides is 2. The molecular formula is C11H20Br2N2. The van der Waals surface area contributed by atoms with Gasteiger partial charge < -0.3 is 5.32 Å². The van der Waals surface area contributed by atoms with Gasteiger partial charge in [0.2, 0.25) is 0 Å². The van der Waals surface area contributed by atoms with Gasteiger partial charge in [-0.15, -0.1) is 0 Å². The smallest absolute Gasteiger partial charge is 0.0564 e. The number of allylic oxidation sites excluding steroid dienone is 1. The molecule has 0 radical (unpaired) electrons. The molecule has 0 rings (SSSR count). The number of hydrogen-bond donors (Lipinski definition) is 1. The Kier molecular flexibility index (Phi) is 9.76. The molecule has 0 amide bonds. The summed E-state index contributed by atoms with van der Waals surface area (Å²) in [6.45, 7) is 6.34. The van der Waals surface area contributed by atoms with E-state index in [1.54, 1.807) is 0 Å². The van der Waals surface area contributed by atoms with Crippen molar-refractivity contribution in [1.29, 1.82) is 0 Å². The molecule has 0 bridgehead atoms. The second-order valence-corrected chi connectivity index (χ2v) is 4.63. The van der Waals surface area contributed by atoms with Crippen LogP contribution in [0.4, 0.5) is 0 Å². The van der Waals surface area contributed by atoms with Crippen molar-refractivity contribution in [2.24, 2.45) is 4.99 Å². The molecule has 0 aromatic carbocycles. The molecule has 0 heterocycles. The molecule has 0 aliphatic heterocycles. The molecule has 0 aromatic rings. The van der Waals surface area contributed by atoms with Crippen molar-refractivity contribution in [3.8, 4) is 0 Å². The van der Waals surface area contributed by atoms with Crippen LogP contribution in [-0.4, -0.2) is 28.5 Å². The third-order valence-electron chi connectivity index (χ3n) is 2.18. The molecule has 0 aliphatic rings. The highest BCUT2D eigenvalue weighted by Gasteiger charge is 2.14. The predicted molar refractivity (Wildman–Crippen MR) is 76.5 cm³/mol. The predicted octanol–water partition coefficient (Wildman–Crippen LogP) is 3.51. The van der Waals surface area contributed by atoms with E-state index in [9.17, 15) is 0 Å². The molecule has 0 fully saturated rings. The van der Waals surface area contributed by atoms with Crippen molar-refractivity contribution in [1.82, 2.24) is 5.32 Å². The molecule has 0 spiro atoms. The molecule has 1 unspecified atom stereocenters. The number of hydrogen-bond acceptors (Lipinski definition) is 2. The molecule has 0 aromatic heterocycles. The molecule has 1 N–H and O–H groups in total. The third kappa shape index (κ3) is 6.48. The number of aliphatic imine (C=N–C) groups is 1. The first kappa shape index (κ1) is 15.3. The van der Waals surface area contributed by atoms with Gasteiger partial charge in [-0.3, -0.25) is 4.99 Å². The third-order valence-corrected chi connectivity index (χ3v) is 3.40. The lowest BCUT2D eigenvalue weighted by molar-refractivity contribution is 0.521. The van der Waals surface area contributed by atoms with Gasteiger partial charge in [-0.05, 0) is 20.3 Å². The summed E-state index contributed by atoms with van der Waals surface area (Å²) in [7, 11) is 0. The Hall–Kier alpha value is 0.330. The van der Waals surface area contributed by atoms with E-state index in [4.69, 9.17) is 0 Å². The van der Waals surface area contributed by atoms with Gasteiger partial charge in [-0.2, -0.15) is 0 Å². The van der Waals surface area contributed by atoms with Gasteiger partial charge in [-0.25, -0.2) is 0 Å². The van der Waals surface area contributed by atoms with E-state index in [-0.39, 0.29) is 0 Å². The summed E-state index contributed by atoms with van der Waals surface area (Å²) in [6, 6.07) is 0.818. The van der Waals surface area contributed by atoms with Crippen molar-refractivity contribution in [2.75, 3.05) is 10.7 Å². The summed E-state index contributed by atoms with van der Waals surface area (Å²) >= 11 is 6.99. The van der Waals surface area contributed by atoms with Crippen LogP contribution < -0.4 is 5.32 Å². The fourth-order valence-corrected chi connectivity index (χ4v) is 2.18. The zero-order chi connectivity index (χ0) is 11.7. The summed E-state index contributed by atoms with van der Waals surface area (Å²) in [5.41, 5.74) is 1.13. The SMILES string of the molecule is C/C=C/N=C(/CBr)C(CBr)N[C@@H](C)CC. The molecule has 2 nitrogen and oxygen atoms in total. The Morgan fingerprint density at radius 3 is 2.53 bits per heavy atom. The maximum absolute atomic E-state index is 4.42. The van der Waals surface area contributed by atoms with E-state index < -0.39 is 0 Å². The van der Waals surface area contributed by atoms with Crippen LogP contribution in [0.15, 0.2) is 17.3 Å². The van der Waals surface area contributed by atoms with E-state index in [0.29, 0.717) is 12.1 Å². The van der Waals surface area contributed by atoms with E-state index in [1.165, 1.54) is 0 Å². The van der Waals surface area contributed by atoms with Crippen LogP contribution in [0.25, 0.3) is 0 Å². The highest BCUT2D eigenvalue weighted by Crippen LogP contribution is 2.03. The maximum Gasteiger partial charge on any atom is 0.0564 e. The molecule has 0 saturated heterocycles. The highest BCUT2D eigenvalue weighted by molar-refractivity contribution is 9.09. The van der Waals surface area contributed by atoms with Gasteiger partial charge in [0.1, 0.15) is 0 Å². The van der Waals surface area contributed by atoms with Crippen LogP contribution in [0.3, 0.4) is 0 Å². The molecular weight excluding hydrogens is 320 g/mol. The van der Waals surface area contributed by atoms with Gasteiger partial charge in [0.05, 0.1) is 6.04 Å². The minimum Gasteiger partial charge on any atom is -0.306 e. The van der Waals surface area contributed by atoms with Crippen molar-refractivity contribution in [3.05, 3.63) is 12.3 Å². The van der Waals surface area contributed by atoms with Crippen molar-refractivity contribution in [3.63, 3.8) is 0 Å². The Labute approximate surface area is 110 Å². The lowest BCUT2D eigenvalue weighted by Gasteiger charge is -2.21. The molecule has 0 saturated carbocycles. The quantitative estimate of drug-likeness (QED) is 0.557. The minimum absolute atomic E-state index is 0.301. The summed E-state index contributed by atoms with van der Waals surface area (Å²) in [5, 5.41) is 5.23. The fourth-order valence-electron chi connectivity index (χ4n) is 1.08. The van der Waals surface area contributed by atoms with Crippen LogP contribution in [0.1, 0.15) is 27.2 Å². The van der Waals surface area contributed by atoms with Crippen LogP contribution in [0, 0.1) is 0 Å². The van der Waals surface area contributed by atoms with Crippen LogP contribution in [0.5, 0.6) is 0 Å². The minimum atomic E-state index is 0.301. The van der Waals surface area contributed by atoms with Crippen LogP contribution in [0.2, 0.25) is 0 Å². The van der Waals surface area contributed by atoms with E-state index in [2.05, 4.69) is 56.0 Å². The Balaban J connectivity index is 4.46. The second kappa shape index (κ2) is 9.55. The summed E-state index contributed by atoms with van der Waals surface area (Å²) in [4.78, 5) is 4.42. The molecule has 2 atom stereocenters. The lowest BCUT2D eigenvalue weighted by atomic mass is 10.1. The average Bonchev–Trinajstić information content (AvgIpc) is 2.27. The number of rotatable bonds is 7. The van der Waals surface area contributed by atoms with Crippen molar-refractivity contribution < 1.29 is 0 Å². The number of nitrogens with one attached hydrogen (secondary N) is 1. The summed E-state index contributed by atoms with van der Waals surface area (Å²) in [6.07, 6.45) is 4.91. The topological polar surface area (TPSA) is 24.4 Å². The van der Waals surface area contributed by atoms with Gasteiger partial charge in [0.15, 0.2) is 0 Å². The zero-order valence-corrected chi connectivity index (χ0v) is 12.8. The number of halogens is 2. The van der Waals surface area contributed by atoms with Gasteiger partial charge in [0.25, 0.3) is 0 Å². The Morgan fingerprint density at radius 2 is 2.13 bits per heavy atom. The van der Waals surface area contributed by atoms with Gasteiger partial charge in [-0.1, -0.05) is 44.9 Å². The monoisotopic (exact) mass is 338 g/mol. The van der Waals surface area contributed by atoms with Gasteiger partial charge in [0, 0.05) is 28.6 Å². The summed E-state index contributed by atoms with van der Waals surface area (Å²) < 4.78 is 0. The molecule has 88 valence electrons. The van der Waals surface area contributed by atoms with E-state index in [0.717, 1.165) is 22.8 Å². The van der Waals surface area contributed by atoms with Crippen molar-refractivity contribution >= 4 is 37.6 Å². The normalized spacial score (nSPS) is 17.0. The van der Waals surface area contributed by atoms with E-state index >= 15 is 0 Å². The standard InChI is InChI=1S/C11H20Br2N2/c1-4-6-14-10(7-12)11(8-13)15-9(3)5-2/h4,6,9,11,15H,5,7-8H2,1-3H3/b6-4+,14-10-/t9-,11?/m0/s1. The maximum atomic E-state index is 4.42. The second-order valence-electron chi connectivity index (χ2n) is 3.42.